The Labute approximate surface area is 116 Å². The Hall–Kier alpha value is -2.15. The van der Waals surface area contributed by atoms with Gasteiger partial charge < -0.3 is 15.6 Å². The molecule has 1 rings (SSSR count). The summed E-state index contributed by atoms with van der Waals surface area (Å²) in [6.07, 6.45) is -0.0279. The summed E-state index contributed by atoms with van der Waals surface area (Å²) < 4.78 is 4.50. The van der Waals surface area contributed by atoms with Crippen LogP contribution in [0, 0.1) is 10.1 Å². The maximum Gasteiger partial charge on any atom is 0.322 e. The predicted octanol–water partition coefficient (Wildman–Crippen LogP) is 1.47. The van der Waals surface area contributed by atoms with Crippen molar-refractivity contribution < 1.29 is 19.6 Å². The SMILES string of the molecule is COC(=O)C(N)Cc1cc(C(C)C)cc([N+](=O)[O-])c1O. The third kappa shape index (κ3) is 3.45. The lowest BCUT2D eigenvalue weighted by Crippen LogP contribution is -2.33. The van der Waals surface area contributed by atoms with Crippen LogP contribution in [0.1, 0.15) is 30.9 Å². The highest BCUT2D eigenvalue weighted by Crippen LogP contribution is 2.34. The molecule has 0 saturated carbocycles. The van der Waals surface area contributed by atoms with E-state index in [4.69, 9.17) is 5.73 Å². The second-order valence-corrected chi connectivity index (χ2v) is 4.79. The van der Waals surface area contributed by atoms with Crippen LogP contribution in [0.3, 0.4) is 0 Å². The first-order valence-corrected chi connectivity index (χ1v) is 6.11. The lowest BCUT2D eigenvalue weighted by molar-refractivity contribution is -0.386. The fourth-order valence-corrected chi connectivity index (χ4v) is 1.80. The van der Waals surface area contributed by atoms with E-state index in [-0.39, 0.29) is 23.6 Å². The van der Waals surface area contributed by atoms with Crippen LogP contribution in [-0.4, -0.2) is 29.2 Å². The van der Waals surface area contributed by atoms with Crippen LogP contribution < -0.4 is 5.73 Å². The van der Waals surface area contributed by atoms with Gasteiger partial charge in [-0.3, -0.25) is 14.9 Å². The van der Waals surface area contributed by atoms with Gasteiger partial charge in [-0.05, 0) is 11.5 Å². The van der Waals surface area contributed by atoms with Gasteiger partial charge in [0, 0.05) is 18.1 Å². The average Bonchev–Trinajstić information content (AvgIpc) is 2.39. The number of nitrogens with zero attached hydrogens (tertiary/aromatic N) is 1. The molecule has 7 nitrogen and oxygen atoms in total. The van der Waals surface area contributed by atoms with Crippen LogP contribution in [0.4, 0.5) is 5.69 Å². The van der Waals surface area contributed by atoms with Gasteiger partial charge in [-0.1, -0.05) is 19.9 Å². The largest absolute Gasteiger partial charge is 0.502 e. The van der Waals surface area contributed by atoms with Crippen LogP contribution >= 0.6 is 0 Å². The summed E-state index contributed by atoms with van der Waals surface area (Å²) in [5.74, 6) is -1.05. The summed E-state index contributed by atoms with van der Waals surface area (Å²) in [4.78, 5) is 21.6. The summed E-state index contributed by atoms with van der Waals surface area (Å²) in [6, 6.07) is 1.97. The minimum absolute atomic E-state index is 0.0279. The minimum atomic E-state index is -0.979. The molecule has 0 bridgehead atoms. The number of phenols is 1. The molecular weight excluding hydrogens is 264 g/mol. The van der Waals surface area contributed by atoms with Crippen molar-refractivity contribution in [2.75, 3.05) is 7.11 Å². The molecule has 7 heteroatoms. The topological polar surface area (TPSA) is 116 Å². The molecule has 1 atom stereocenters. The van der Waals surface area contributed by atoms with Crippen LogP contribution in [0.2, 0.25) is 0 Å². The van der Waals surface area contributed by atoms with Crippen molar-refractivity contribution in [2.45, 2.75) is 32.2 Å². The lowest BCUT2D eigenvalue weighted by Gasteiger charge is -2.13. The number of hydrogen-bond acceptors (Lipinski definition) is 6. The molecule has 0 spiro atoms. The van der Waals surface area contributed by atoms with E-state index >= 15 is 0 Å². The molecule has 0 aromatic heterocycles. The second-order valence-electron chi connectivity index (χ2n) is 4.79. The van der Waals surface area contributed by atoms with E-state index in [1.54, 1.807) is 6.07 Å². The number of benzene rings is 1. The molecule has 20 heavy (non-hydrogen) atoms. The third-order valence-electron chi connectivity index (χ3n) is 3.00. The molecule has 1 aromatic rings. The van der Waals surface area contributed by atoms with E-state index in [0.29, 0.717) is 5.56 Å². The zero-order valence-corrected chi connectivity index (χ0v) is 11.6. The summed E-state index contributed by atoms with van der Waals surface area (Å²) >= 11 is 0. The molecule has 110 valence electrons. The number of phenolic OH excluding ortho intramolecular Hbond substituents is 1. The van der Waals surface area contributed by atoms with Gasteiger partial charge >= 0.3 is 11.7 Å². The average molecular weight is 282 g/mol. The van der Waals surface area contributed by atoms with Crippen LogP contribution in [0.25, 0.3) is 0 Å². The molecular formula is C13H18N2O5. The predicted molar refractivity (Wildman–Crippen MR) is 72.5 cm³/mol. The fourth-order valence-electron chi connectivity index (χ4n) is 1.80. The number of hydrogen-bond donors (Lipinski definition) is 2. The van der Waals surface area contributed by atoms with Gasteiger partial charge in [-0.2, -0.15) is 0 Å². The van der Waals surface area contributed by atoms with E-state index in [2.05, 4.69) is 4.74 Å². The number of aromatic hydroxyl groups is 1. The third-order valence-corrected chi connectivity index (χ3v) is 3.00. The molecule has 0 fully saturated rings. The maximum absolute atomic E-state index is 11.3. The number of methoxy groups -OCH3 is 1. The van der Waals surface area contributed by atoms with E-state index in [0.717, 1.165) is 0 Å². The van der Waals surface area contributed by atoms with Gasteiger partial charge in [-0.15, -0.1) is 0 Å². The molecule has 0 saturated heterocycles. The molecule has 1 aromatic carbocycles. The Morgan fingerprint density at radius 1 is 1.50 bits per heavy atom. The van der Waals surface area contributed by atoms with Crippen molar-refractivity contribution in [1.82, 2.24) is 0 Å². The number of nitro groups is 1. The number of esters is 1. The summed E-state index contributed by atoms with van der Waals surface area (Å²) in [7, 11) is 1.20. The van der Waals surface area contributed by atoms with Gasteiger partial charge in [-0.25, -0.2) is 0 Å². The molecule has 0 aliphatic heterocycles. The Kier molecular flexibility index (Phi) is 5.04. The van der Waals surface area contributed by atoms with Crippen molar-refractivity contribution in [3.05, 3.63) is 33.4 Å². The Balaban J connectivity index is 3.24. The first kappa shape index (κ1) is 15.9. The number of carbonyl (C=O) groups excluding carboxylic acids is 1. The summed E-state index contributed by atoms with van der Waals surface area (Å²) in [5, 5.41) is 20.9. The second kappa shape index (κ2) is 6.33. The summed E-state index contributed by atoms with van der Waals surface area (Å²) in [5.41, 5.74) is 6.20. The first-order valence-electron chi connectivity index (χ1n) is 6.11. The first-order chi connectivity index (χ1) is 9.27. The van der Waals surface area contributed by atoms with Crippen molar-refractivity contribution in [1.29, 1.82) is 0 Å². The number of carbonyl (C=O) groups is 1. The Morgan fingerprint density at radius 2 is 2.10 bits per heavy atom. The molecule has 0 aliphatic rings. The zero-order chi connectivity index (χ0) is 15.4. The summed E-state index contributed by atoms with van der Waals surface area (Å²) in [6.45, 7) is 3.75. The highest BCUT2D eigenvalue weighted by Gasteiger charge is 2.23. The van der Waals surface area contributed by atoms with Crippen molar-refractivity contribution in [3.63, 3.8) is 0 Å². The van der Waals surface area contributed by atoms with Crippen LogP contribution in [0.15, 0.2) is 12.1 Å². The molecule has 0 aliphatic carbocycles. The standard InChI is InChI=1S/C13H18N2O5/c1-7(2)8-4-9(5-10(14)13(17)20-3)12(16)11(6-8)15(18)19/h4,6-7,10,16H,5,14H2,1-3H3. The molecule has 0 radical (unpaired) electrons. The van der Waals surface area contributed by atoms with Crippen LogP contribution in [0.5, 0.6) is 5.75 Å². The van der Waals surface area contributed by atoms with E-state index in [1.807, 2.05) is 13.8 Å². The maximum atomic E-state index is 11.3. The fraction of sp³-hybridized carbons (Fsp3) is 0.462. The van der Waals surface area contributed by atoms with Crippen LogP contribution in [-0.2, 0) is 16.0 Å². The van der Waals surface area contributed by atoms with E-state index in [9.17, 15) is 20.0 Å². The van der Waals surface area contributed by atoms with Gasteiger partial charge in [0.05, 0.1) is 12.0 Å². The number of rotatable bonds is 5. The van der Waals surface area contributed by atoms with Gasteiger partial charge in [0.2, 0.25) is 0 Å². The number of nitro benzene ring substituents is 1. The Bertz CT molecular complexity index is 528. The minimum Gasteiger partial charge on any atom is -0.502 e. The molecule has 0 amide bonds. The zero-order valence-electron chi connectivity index (χ0n) is 11.6. The number of ether oxygens (including phenoxy) is 1. The highest BCUT2D eigenvalue weighted by atomic mass is 16.6. The van der Waals surface area contributed by atoms with E-state index in [1.165, 1.54) is 13.2 Å². The molecule has 0 heterocycles. The van der Waals surface area contributed by atoms with Crippen molar-refractivity contribution in [2.24, 2.45) is 5.73 Å². The van der Waals surface area contributed by atoms with Gasteiger partial charge in [0.25, 0.3) is 0 Å². The van der Waals surface area contributed by atoms with Crippen molar-refractivity contribution in [3.8, 4) is 5.75 Å². The Morgan fingerprint density at radius 3 is 2.55 bits per heavy atom. The van der Waals surface area contributed by atoms with Gasteiger partial charge in [0.15, 0.2) is 5.75 Å². The lowest BCUT2D eigenvalue weighted by atomic mass is 9.96. The van der Waals surface area contributed by atoms with Gasteiger partial charge in [0.1, 0.15) is 6.04 Å². The monoisotopic (exact) mass is 282 g/mol. The molecule has 3 N–H and O–H groups in total. The molecule has 1 unspecified atom stereocenters. The normalized spacial score (nSPS) is 12.2. The van der Waals surface area contributed by atoms with Crippen molar-refractivity contribution >= 4 is 11.7 Å². The number of nitrogens with two attached hydrogens (primary N) is 1. The quantitative estimate of drug-likeness (QED) is 0.480. The highest BCUT2D eigenvalue weighted by molar-refractivity contribution is 5.76. The van der Waals surface area contributed by atoms with E-state index < -0.39 is 22.7 Å². The smallest absolute Gasteiger partial charge is 0.322 e.